The number of carbonyl (C=O) groups is 1. The smallest absolute Gasteiger partial charge is 0.276 e. The van der Waals surface area contributed by atoms with Gasteiger partial charge in [-0.15, -0.1) is 0 Å². The number of nitrogens with zero attached hydrogens (tertiary/aromatic N) is 6. The Morgan fingerprint density at radius 2 is 1.90 bits per heavy atom. The minimum atomic E-state index is -0.302. The van der Waals surface area contributed by atoms with Crippen molar-refractivity contribution in [2.75, 3.05) is 5.32 Å². The zero-order valence-electron chi connectivity index (χ0n) is 17.8. The van der Waals surface area contributed by atoms with Crippen LogP contribution in [0.4, 0.5) is 5.69 Å². The van der Waals surface area contributed by atoms with E-state index in [0.717, 1.165) is 29.0 Å². The van der Waals surface area contributed by atoms with Crippen LogP contribution < -0.4 is 10.1 Å². The third-order valence-corrected chi connectivity index (χ3v) is 4.82. The molecule has 160 valence electrons. The highest BCUT2D eigenvalue weighted by molar-refractivity contribution is 6.02. The summed E-state index contributed by atoms with van der Waals surface area (Å²) in [6.07, 6.45) is 8.91. The Kier molecular flexibility index (Phi) is 5.83. The van der Waals surface area contributed by atoms with E-state index in [4.69, 9.17) is 4.74 Å². The molecule has 0 fully saturated rings. The summed E-state index contributed by atoms with van der Waals surface area (Å²) >= 11 is 0. The van der Waals surface area contributed by atoms with Crippen molar-refractivity contribution in [1.82, 2.24) is 29.3 Å². The van der Waals surface area contributed by atoms with Crippen LogP contribution in [0, 0.1) is 13.8 Å². The minimum absolute atomic E-state index is 0.223. The standard InChI is InChI=1S/C22H25N7O2/c1-4-27-12-18(10-23-27)13-29-14-19(11-24-29)25-22(30)20-7-8-28(26-20)15-31-21-9-16(2)5-6-17(21)3/h5-12,14H,4,13,15H2,1-3H3,(H,25,30). The van der Waals surface area contributed by atoms with Gasteiger partial charge >= 0.3 is 0 Å². The second-order valence-electron chi connectivity index (χ2n) is 7.37. The largest absolute Gasteiger partial charge is 0.471 e. The molecule has 1 N–H and O–H groups in total. The van der Waals surface area contributed by atoms with Crippen LogP contribution in [-0.4, -0.2) is 35.2 Å². The molecule has 4 rings (SSSR count). The van der Waals surface area contributed by atoms with E-state index in [9.17, 15) is 4.79 Å². The lowest BCUT2D eigenvalue weighted by Gasteiger charge is -2.09. The number of ether oxygens (including phenoxy) is 1. The van der Waals surface area contributed by atoms with Crippen LogP contribution >= 0.6 is 0 Å². The monoisotopic (exact) mass is 419 g/mol. The van der Waals surface area contributed by atoms with Crippen molar-refractivity contribution in [2.45, 2.75) is 40.6 Å². The number of aromatic nitrogens is 6. The molecule has 0 spiro atoms. The lowest BCUT2D eigenvalue weighted by Crippen LogP contribution is -2.14. The molecule has 9 heteroatoms. The fourth-order valence-electron chi connectivity index (χ4n) is 3.11. The van der Waals surface area contributed by atoms with Crippen LogP contribution in [0.2, 0.25) is 0 Å². The fourth-order valence-corrected chi connectivity index (χ4v) is 3.11. The van der Waals surface area contributed by atoms with E-state index in [0.29, 0.717) is 17.9 Å². The second-order valence-corrected chi connectivity index (χ2v) is 7.37. The van der Waals surface area contributed by atoms with Gasteiger partial charge in [0.25, 0.3) is 5.91 Å². The number of nitrogens with one attached hydrogen (secondary N) is 1. The van der Waals surface area contributed by atoms with Gasteiger partial charge in [-0.05, 0) is 44.0 Å². The van der Waals surface area contributed by atoms with Gasteiger partial charge in [0, 0.05) is 30.7 Å². The van der Waals surface area contributed by atoms with Gasteiger partial charge in [0.15, 0.2) is 12.4 Å². The topological polar surface area (TPSA) is 91.8 Å². The molecule has 31 heavy (non-hydrogen) atoms. The summed E-state index contributed by atoms with van der Waals surface area (Å²) in [5, 5.41) is 15.7. The molecule has 0 saturated carbocycles. The van der Waals surface area contributed by atoms with Gasteiger partial charge in [-0.1, -0.05) is 12.1 Å². The predicted octanol–water partition coefficient (Wildman–Crippen LogP) is 3.25. The van der Waals surface area contributed by atoms with E-state index in [1.54, 1.807) is 34.0 Å². The van der Waals surface area contributed by atoms with Crippen LogP contribution in [0.15, 0.2) is 55.2 Å². The number of aryl methyl sites for hydroxylation is 3. The molecule has 0 bridgehead atoms. The van der Waals surface area contributed by atoms with Gasteiger partial charge in [-0.3, -0.25) is 14.2 Å². The normalized spacial score (nSPS) is 10.9. The summed E-state index contributed by atoms with van der Waals surface area (Å²) in [5.41, 5.74) is 4.14. The summed E-state index contributed by atoms with van der Waals surface area (Å²) in [5.74, 6) is 0.502. The lowest BCUT2D eigenvalue weighted by molar-refractivity contribution is 0.102. The molecule has 3 aromatic heterocycles. The Balaban J connectivity index is 1.33. The minimum Gasteiger partial charge on any atom is -0.471 e. The Morgan fingerprint density at radius 3 is 2.71 bits per heavy atom. The molecule has 0 aliphatic heterocycles. The first-order valence-corrected chi connectivity index (χ1v) is 10.1. The Morgan fingerprint density at radius 1 is 1.06 bits per heavy atom. The van der Waals surface area contributed by atoms with Gasteiger partial charge in [0.1, 0.15) is 5.75 Å². The molecule has 0 saturated heterocycles. The number of benzene rings is 1. The maximum atomic E-state index is 12.5. The Hall–Kier alpha value is -3.88. The molecule has 0 aliphatic rings. The summed E-state index contributed by atoms with van der Waals surface area (Å²) < 4.78 is 11.0. The first kappa shape index (κ1) is 20.4. The van der Waals surface area contributed by atoms with Crippen molar-refractivity contribution in [2.24, 2.45) is 0 Å². The SMILES string of the molecule is CCn1cc(Cn2cc(NC(=O)c3ccn(COc4cc(C)ccc4C)n3)cn2)cn1. The molecule has 4 aromatic rings. The van der Waals surface area contributed by atoms with Crippen molar-refractivity contribution < 1.29 is 9.53 Å². The van der Waals surface area contributed by atoms with Crippen LogP contribution in [0.3, 0.4) is 0 Å². The van der Waals surface area contributed by atoms with Gasteiger partial charge in [-0.2, -0.15) is 15.3 Å². The van der Waals surface area contributed by atoms with Crippen molar-refractivity contribution in [3.63, 3.8) is 0 Å². The van der Waals surface area contributed by atoms with E-state index >= 15 is 0 Å². The highest BCUT2D eigenvalue weighted by Gasteiger charge is 2.12. The first-order valence-electron chi connectivity index (χ1n) is 10.1. The van der Waals surface area contributed by atoms with Crippen molar-refractivity contribution in [1.29, 1.82) is 0 Å². The third kappa shape index (κ3) is 5.00. The number of hydrogen-bond acceptors (Lipinski definition) is 5. The quantitative estimate of drug-likeness (QED) is 0.473. The maximum absolute atomic E-state index is 12.5. The maximum Gasteiger partial charge on any atom is 0.276 e. The molecular weight excluding hydrogens is 394 g/mol. The summed E-state index contributed by atoms with van der Waals surface area (Å²) in [4.78, 5) is 12.5. The van der Waals surface area contributed by atoms with Crippen molar-refractivity contribution in [3.05, 3.63) is 77.6 Å². The first-order chi connectivity index (χ1) is 15.0. The van der Waals surface area contributed by atoms with E-state index in [1.807, 2.05) is 56.0 Å². The van der Waals surface area contributed by atoms with E-state index in [-0.39, 0.29) is 12.6 Å². The molecule has 3 heterocycles. The van der Waals surface area contributed by atoms with Crippen molar-refractivity contribution >= 4 is 11.6 Å². The number of hydrogen-bond donors (Lipinski definition) is 1. The molecule has 0 unspecified atom stereocenters. The average molecular weight is 419 g/mol. The summed E-state index contributed by atoms with van der Waals surface area (Å²) in [7, 11) is 0. The predicted molar refractivity (Wildman–Crippen MR) is 116 cm³/mol. The molecule has 0 radical (unpaired) electrons. The van der Waals surface area contributed by atoms with Crippen molar-refractivity contribution in [3.8, 4) is 5.75 Å². The Bertz CT molecular complexity index is 1190. The zero-order valence-corrected chi connectivity index (χ0v) is 17.8. The van der Waals surface area contributed by atoms with E-state index < -0.39 is 0 Å². The van der Waals surface area contributed by atoms with Crippen LogP contribution in [-0.2, 0) is 19.8 Å². The average Bonchev–Trinajstić information content (AvgIpc) is 3.50. The number of amides is 1. The zero-order chi connectivity index (χ0) is 21.8. The molecular formula is C22H25N7O2. The van der Waals surface area contributed by atoms with Gasteiger partial charge in [0.2, 0.25) is 0 Å². The molecule has 9 nitrogen and oxygen atoms in total. The fraction of sp³-hybridized carbons (Fsp3) is 0.273. The Labute approximate surface area is 180 Å². The molecule has 0 atom stereocenters. The van der Waals surface area contributed by atoms with Crippen LogP contribution in [0.25, 0.3) is 0 Å². The van der Waals surface area contributed by atoms with E-state index in [2.05, 4.69) is 20.6 Å². The molecule has 1 aromatic carbocycles. The number of carbonyl (C=O) groups excluding carboxylic acids is 1. The number of anilines is 1. The highest BCUT2D eigenvalue weighted by Crippen LogP contribution is 2.19. The van der Waals surface area contributed by atoms with Crippen LogP contribution in [0.5, 0.6) is 5.75 Å². The number of rotatable bonds is 8. The van der Waals surface area contributed by atoms with Gasteiger partial charge < -0.3 is 10.1 Å². The molecule has 1 amide bonds. The highest BCUT2D eigenvalue weighted by atomic mass is 16.5. The van der Waals surface area contributed by atoms with Crippen LogP contribution in [0.1, 0.15) is 34.1 Å². The summed E-state index contributed by atoms with van der Waals surface area (Å²) in [6.45, 7) is 7.68. The van der Waals surface area contributed by atoms with E-state index in [1.165, 1.54) is 0 Å². The molecule has 0 aliphatic carbocycles. The van der Waals surface area contributed by atoms with Gasteiger partial charge in [0.05, 0.1) is 24.6 Å². The lowest BCUT2D eigenvalue weighted by atomic mass is 10.1. The van der Waals surface area contributed by atoms with Gasteiger partial charge in [-0.25, -0.2) is 4.68 Å². The third-order valence-electron chi connectivity index (χ3n) is 4.82. The second kappa shape index (κ2) is 8.86. The summed E-state index contributed by atoms with van der Waals surface area (Å²) in [6, 6.07) is 7.70.